The number of nitrogens with zero attached hydrogens (tertiary/aromatic N) is 3. The minimum Gasteiger partial charge on any atom is -0.316 e. The third kappa shape index (κ3) is 2.40. The van der Waals surface area contributed by atoms with Gasteiger partial charge in [0, 0.05) is 28.5 Å². The highest BCUT2D eigenvalue weighted by Crippen LogP contribution is 2.19. The standard InChI is InChI=1S/C12H15BrN4/c1-8-12(7-14-3)9(2)17(16-8)11-4-10(13)5-15-6-11/h4-6,14H,7H2,1-3H3. The van der Waals surface area contributed by atoms with Gasteiger partial charge in [-0.1, -0.05) is 0 Å². The van der Waals surface area contributed by atoms with E-state index in [1.165, 1.54) is 5.56 Å². The van der Waals surface area contributed by atoms with Crippen molar-refractivity contribution in [2.75, 3.05) is 7.05 Å². The Bertz CT molecular complexity index is 533. The van der Waals surface area contributed by atoms with Gasteiger partial charge >= 0.3 is 0 Å². The van der Waals surface area contributed by atoms with Crippen molar-refractivity contribution in [2.24, 2.45) is 0 Å². The second-order valence-corrected chi connectivity index (χ2v) is 4.87. The van der Waals surface area contributed by atoms with E-state index in [9.17, 15) is 0 Å². The second kappa shape index (κ2) is 4.98. The number of rotatable bonds is 3. The third-order valence-corrected chi connectivity index (χ3v) is 3.16. The Morgan fingerprint density at radius 3 is 2.76 bits per heavy atom. The molecular formula is C12H15BrN4. The summed E-state index contributed by atoms with van der Waals surface area (Å²) in [6.45, 7) is 4.94. The maximum absolute atomic E-state index is 4.56. The summed E-state index contributed by atoms with van der Waals surface area (Å²) in [6, 6.07) is 2.01. The quantitative estimate of drug-likeness (QED) is 0.945. The van der Waals surface area contributed by atoms with Crippen molar-refractivity contribution in [1.29, 1.82) is 0 Å². The fraction of sp³-hybridized carbons (Fsp3) is 0.333. The monoisotopic (exact) mass is 294 g/mol. The van der Waals surface area contributed by atoms with Gasteiger partial charge in [-0.15, -0.1) is 0 Å². The molecule has 2 aromatic rings. The van der Waals surface area contributed by atoms with Crippen molar-refractivity contribution in [3.05, 3.63) is 39.9 Å². The molecule has 5 heteroatoms. The topological polar surface area (TPSA) is 42.7 Å². The molecule has 0 unspecified atom stereocenters. The SMILES string of the molecule is CNCc1c(C)nn(-c2cncc(Br)c2)c1C. The van der Waals surface area contributed by atoms with E-state index in [1.807, 2.05) is 30.9 Å². The Kier molecular flexibility index (Phi) is 3.59. The van der Waals surface area contributed by atoms with Gasteiger partial charge in [-0.05, 0) is 42.9 Å². The minimum atomic E-state index is 0.832. The fourth-order valence-corrected chi connectivity index (χ4v) is 2.23. The molecule has 17 heavy (non-hydrogen) atoms. The van der Waals surface area contributed by atoms with E-state index in [1.54, 1.807) is 6.20 Å². The van der Waals surface area contributed by atoms with E-state index >= 15 is 0 Å². The molecule has 0 saturated carbocycles. The van der Waals surface area contributed by atoms with Crippen LogP contribution in [0.1, 0.15) is 17.0 Å². The van der Waals surface area contributed by atoms with Crippen molar-refractivity contribution in [2.45, 2.75) is 20.4 Å². The predicted molar refractivity (Wildman–Crippen MR) is 71.3 cm³/mol. The van der Waals surface area contributed by atoms with Gasteiger partial charge in [-0.2, -0.15) is 5.10 Å². The maximum Gasteiger partial charge on any atom is 0.0843 e. The highest BCUT2D eigenvalue weighted by Gasteiger charge is 2.12. The van der Waals surface area contributed by atoms with E-state index in [0.717, 1.165) is 28.1 Å². The van der Waals surface area contributed by atoms with Gasteiger partial charge in [-0.25, -0.2) is 4.68 Å². The molecule has 0 aromatic carbocycles. The smallest absolute Gasteiger partial charge is 0.0843 e. The highest BCUT2D eigenvalue weighted by molar-refractivity contribution is 9.10. The first-order valence-electron chi connectivity index (χ1n) is 5.44. The van der Waals surface area contributed by atoms with Gasteiger partial charge in [0.1, 0.15) is 0 Å². The number of halogens is 1. The molecule has 0 amide bonds. The molecule has 0 aliphatic rings. The third-order valence-electron chi connectivity index (χ3n) is 2.73. The summed E-state index contributed by atoms with van der Waals surface area (Å²) in [5.41, 5.74) is 4.42. The number of aryl methyl sites for hydroxylation is 1. The molecular weight excluding hydrogens is 280 g/mol. The van der Waals surface area contributed by atoms with Crippen molar-refractivity contribution < 1.29 is 0 Å². The molecule has 0 aliphatic heterocycles. The Morgan fingerprint density at radius 1 is 1.35 bits per heavy atom. The van der Waals surface area contributed by atoms with Gasteiger partial charge in [-0.3, -0.25) is 4.98 Å². The minimum absolute atomic E-state index is 0.832. The number of nitrogens with one attached hydrogen (secondary N) is 1. The van der Waals surface area contributed by atoms with Crippen LogP contribution < -0.4 is 5.32 Å². The second-order valence-electron chi connectivity index (χ2n) is 3.95. The molecule has 2 aromatic heterocycles. The average Bonchev–Trinajstić information content (AvgIpc) is 2.57. The summed E-state index contributed by atoms with van der Waals surface area (Å²) in [7, 11) is 1.94. The average molecular weight is 295 g/mol. The van der Waals surface area contributed by atoms with Gasteiger partial charge in [0.25, 0.3) is 0 Å². The van der Waals surface area contributed by atoms with Crippen molar-refractivity contribution in [1.82, 2.24) is 20.1 Å². The van der Waals surface area contributed by atoms with E-state index in [-0.39, 0.29) is 0 Å². The first kappa shape index (κ1) is 12.3. The van der Waals surface area contributed by atoms with Crippen LogP contribution in [0.2, 0.25) is 0 Å². The Labute approximate surface area is 109 Å². The van der Waals surface area contributed by atoms with Crippen LogP contribution in [0.3, 0.4) is 0 Å². The van der Waals surface area contributed by atoms with Crippen LogP contribution in [0, 0.1) is 13.8 Å². The van der Waals surface area contributed by atoms with Gasteiger partial charge in [0.05, 0.1) is 17.6 Å². The summed E-state index contributed by atoms with van der Waals surface area (Å²) in [4.78, 5) is 4.16. The molecule has 2 rings (SSSR count). The molecule has 0 aliphatic carbocycles. The zero-order valence-corrected chi connectivity index (χ0v) is 11.7. The van der Waals surface area contributed by atoms with Gasteiger partial charge in [0.15, 0.2) is 0 Å². The molecule has 0 atom stereocenters. The molecule has 0 bridgehead atoms. The molecule has 0 saturated heterocycles. The van der Waals surface area contributed by atoms with Crippen molar-refractivity contribution >= 4 is 15.9 Å². The lowest BCUT2D eigenvalue weighted by Crippen LogP contribution is -2.07. The van der Waals surface area contributed by atoms with Crippen LogP contribution in [-0.2, 0) is 6.54 Å². The number of hydrogen-bond donors (Lipinski definition) is 1. The van der Waals surface area contributed by atoms with Gasteiger partial charge < -0.3 is 5.32 Å². The number of hydrogen-bond acceptors (Lipinski definition) is 3. The molecule has 0 fully saturated rings. The Morgan fingerprint density at radius 2 is 2.12 bits per heavy atom. The van der Waals surface area contributed by atoms with Crippen LogP contribution >= 0.6 is 15.9 Å². The Balaban J connectivity index is 2.50. The van der Waals surface area contributed by atoms with Crippen LogP contribution in [0.25, 0.3) is 5.69 Å². The number of aromatic nitrogens is 3. The van der Waals surface area contributed by atoms with Crippen LogP contribution in [0.4, 0.5) is 0 Å². The molecule has 1 N–H and O–H groups in total. The fourth-order valence-electron chi connectivity index (χ4n) is 1.88. The van der Waals surface area contributed by atoms with E-state index < -0.39 is 0 Å². The molecule has 0 radical (unpaired) electrons. The Hall–Kier alpha value is -1.20. The lowest BCUT2D eigenvalue weighted by Gasteiger charge is -2.05. The van der Waals surface area contributed by atoms with Gasteiger partial charge in [0.2, 0.25) is 0 Å². The summed E-state index contributed by atoms with van der Waals surface area (Å²) in [5, 5.41) is 7.72. The van der Waals surface area contributed by atoms with E-state index in [4.69, 9.17) is 0 Å². The molecule has 4 nitrogen and oxygen atoms in total. The lowest BCUT2D eigenvalue weighted by molar-refractivity contribution is 0.800. The summed E-state index contributed by atoms with van der Waals surface area (Å²) in [6.07, 6.45) is 3.58. The first-order chi connectivity index (χ1) is 8.13. The van der Waals surface area contributed by atoms with Crippen LogP contribution in [0.5, 0.6) is 0 Å². The predicted octanol–water partition coefficient (Wildman–Crippen LogP) is 2.37. The summed E-state index contributed by atoms with van der Waals surface area (Å²) >= 11 is 3.42. The normalized spacial score (nSPS) is 10.8. The van der Waals surface area contributed by atoms with Crippen molar-refractivity contribution in [3.63, 3.8) is 0 Å². The van der Waals surface area contributed by atoms with E-state index in [0.29, 0.717) is 0 Å². The lowest BCUT2D eigenvalue weighted by atomic mass is 10.2. The highest BCUT2D eigenvalue weighted by atomic mass is 79.9. The molecule has 0 spiro atoms. The summed E-state index contributed by atoms with van der Waals surface area (Å²) in [5.74, 6) is 0. The van der Waals surface area contributed by atoms with Crippen LogP contribution in [0.15, 0.2) is 22.9 Å². The number of pyridine rings is 1. The zero-order valence-electron chi connectivity index (χ0n) is 10.2. The van der Waals surface area contributed by atoms with E-state index in [2.05, 4.69) is 38.3 Å². The largest absolute Gasteiger partial charge is 0.316 e. The zero-order chi connectivity index (χ0) is 12.4. The van der Waals surface area contributed by atoms with Crippen molar-refractivity contribution in [3.8, 4) is 5.69 Å². The summed E-state index contributed by atoms with van der Waals surface area (Å²) < 4.78 is 2.89. The van der Waals surface area contributed by atoms with Crippen LogP contribution in [-0.4, -0.2) is 21.8 Å². The molecule has 90 valence electrons. The molecule has 2 heterocycles. The maximum atomic E-state index is 4.56. The first-order valence-corrected chi connectivity index (χ1v) is 6.23.